The quantitative estimate of drug-likeness (QED) is 0.798. The zero-order chi connectivity index (χ0) is 14.2. The van der Waals surface area contributed by atoms with Gasteiger partial charge < -0.3 is 9.64 Å². The molecule has 2 heterocycles. The van der Waals surface area contributed by atoms with Gasteiger partial charge in [-0.3, -0.25) is 9.78 Å². The van der Waals surface area contributed by atoms with E-state index >= 15 is 0 Å². The second-order valence-corrected chi connectivity index (χ2v) is 5.46. The van der Waals surface area contributed by atoms with Gasteiger partial charge in [0.25, 0.3) is 5.91 Å². The van der Waals surface area contributed by atoms with Crippen molar-refractivity contribution in [3.63, 3.8) is 0 Å². The number of para-hydroxylation sites is 2. The summed E-state index contributed by atoms with van der Waals surface area (Å²) in [5, 5.41) is 0. The zero-order valence-electron chi connectivity index (χ0n) is 11.5. The van der Waals surface area contributed by atoms with E-state index in [0.717, 1.165) is 11.4 Å². The molecule has 102 valence electrons. The van der Waals surface area contributed by atoms with Crippen LogP contribution in [0.25, 0.3) is 0 Å². The molecule has 0 atom stereocenters. The lowest BCUT2D eigenvalue weighted by Crippen LogP contribution is -2.49. The van der Waals surface area contributed by atoms with Crippen LogP contribution in [0, 0.1) is 0 Å². The molecule has 0 bridgehead atoms. The lowest BCUT2D eigenvalue weighted by molar-refractivity contribution is 0.0837. The number of carbonyl (C=O) groups excluding carboxylic acids is 1. The van der Waals surface area contributed by atoms with Crippen LogP contribution in [-0.2, 0) is 0 Å². The number of nitrogens with zero attached hydrogens (tertiary/aromatic N) is 2. The molecule has 1 aliphatic heterocycles. The van der Waals surface area contributed by atoms with Gasteiger partial charge in [-0.15, -0.1) is 0 Å². The molecule has 0 N–H and O–H groups in total. The first-order valence-electron chi connectivity index (χ1n) is 6.57. The van der Waals surface area contributed by atoms with Crippen LogP contribution in [-0.4, -0.2) is 23.0 Å². The van der Waals surface area contributed by atoms with E-state index in [1.165, 1.54) is 0 Å². The molecule has 0 spiro atoms. The Labute approximate surface area is 118 Å². The summed E-state index contributed by atoms with van der Waals surface area (Å²) in [4.78, 5) is 18.4. The van der Waals surface area contributed by atoms with Gasteiger partial charge in [-0.1, -0.05) is 12.1 Å². The highest BCUT2D eigenvalue weighted by Gasteiger charge is 2.34. The molecule has 1 aromatic carbocycles. The van der Waals surface area contributed by atoms with Crippen molar-refractivity contribution in [1.29, 1.82) is 0 Å². The molecule has 0 aliphatic carbocycles. The summed E-state index contributed by atoms with van der Waals surface area (Å²) in [6, 6.07) is 11.1. The molecule has 0 unspecified atom stereocenters. The second-order valence-electron chi connectivity index (χ2n) is 5.46. The lowest BCUT2D eigenvalue weighted by atomic mass is 10.0. The smallest absolute Gasteiger partial charge is 0.258 e. The van der Waals surface area contributed by atoms with Gasteiger partial charge in [0.2, 0.25) is 0 Å². The predicted octanol–water partition coefficient (Wildman–Crippen LogP) is 2.90. The van der Waals surface area contributed by atoms with Crippen LogP contribution in [0.1, 0.15) is 24.2 Å². The van der Waals surface area contributed by atoms with Gasteiger partial charge in [-0.05, 0) is 38.1 Å². The molecule has 0 radical (unpaired) electrons. The number of hydrogen-bond donors (Lipinski definition) is 0. The molecule has 1 aliphatic rings. The van der Waals surface area contributed by atoms with Gasteiger partial charge in [0.1, 0.15) is 11.4 Å². The Morgan fingerprint density at radius 1 is 1.20 bits per heavy atom. The number of amides is 1. The average molecular weight is 268 g/mol. The Balaban J connectivity index is 2.03. The van der Waals surface area contributed by atoms with E-state index in [4.69, 9.17) is 4.74 Å². The van der Waals surface area contributed by atoms with Crippen molar-refractivity contribution < 1.29 is 9.53 Å². The first kappa shape index (κ1) is 12.7. The minimum atomic E-state index is -0.406. The first-order chi connectivity index (χ1) is 9.57. The normalized spacial score (nSPS) is 16.2. The van der Waals surface area contributed by atoms with E-state index in [9.17, 15) is 4.79 Å². The molecule has 4 heteroatoms. The molecular weight excluding hydrogens is 252 g/mol. The molecule has 2 aromatic rings. The Morgan fingerprint density at radius 3 is 2.65 bits per heavy atom. The summed E-state index contributed by atoms with van der Waals surface area (Å²) in [5.74, 6) is 0.711. The number of fused-ring (bicyclic) bond motifs is 1. The number of carbonyl (C=O) groups is 1. The van der Waals surface area contributed by atoms with Crippen LogP contribution in [0.3, 0.4) is 0 Å². The van der Waals surface area contributed by atoms with E-state index < -0.39 is 5.60 Å². The summed E-state index contributed by atoms with van der Waals surface area (Å²) in [6.07, 6.45) is 3.26. The van der Waals surface area contributed by atoms with Crippen LogP contribution in [0.2, 0.25) is 0 Å². The fraction of sp³-hybridized carbons (Fsp3) is 0.250. The standard InChI is InChI=1S/C16H16N2O2/c1-16(2)11-18(13-5-3-4-6-14(13)20-16)15(19)12-7-9-17-10-8-12/h3-10H,11H2,1-2H3. The number of rotatable bonds is 1. The molecular formula is C16H16N2O2. The summed E-state index contributed by atoms with van der Waals surface area (Å²) < 4.78 is 5.93. The lowest BCUT2D eigenvalue weighted by Gasteiger charge is -2.39. The summed E-state index contributed by atoms with van der Waals surface area (Å²) in [7, 11) is 0. The van der Waals surface area contributed by atoms with E-state index in [1.54, 1.807) is 29.4 Å². The highest BCUT2D eigenvalue weighted by atomic mass is 16.5. The minimum absolute atomic E-state index is 0.0313. The van der Waals surface area contributed by atoms with Crippen LogP contribution >= 0.6 is 0 Å². The van der Waals surface area contributed by atoms with Crippen LogP contribution < -0.4 is 9.64 Å². The average Bonchev–Trinajstić information content (AvgIpc) is 2.45. The summed E-state index contributed by atoms with van der Waals surface area (Å²) >= 11 is 0. The first-order valence-corrected chi connectivity index (χ1v) is 6.57. The number of hydrogen-bond acceptors (Lipinski definition) is 3. The Bertz CT molecular complexity index is 638. The topological polar surface area (TPSA) is 42.4 Å². The maximum atomic E-state index is 12.7. The molecule has 0 saturated carbocycles. The van der Waals surface area contributed by atoms with Crippen molar-refractivity contribution in [2.45, 2.75) is 19.4 Å². The predicted molar refractivity (Wildman–Crippen MR) is 77.1 cm³/mol. The molecule has 0 fully saturated rings. The second kappa shape index (κ2) is 4.63. The van der Waals surface area contributed by atoms with Crippen molar-refractivity contribution in [2.24, 2.45) is 0 Å². The van der Waals surface area contributed by atoms with Crippen molar-refractivity contribution in [1.82, 2.24) is 4.98 Å². The van der Waals surface area contributed by atoms with E-state index in [-0.39, 0.29) is 5.91 Å². The maximum Gasteiger partial charge on any atom is 0.258 e. The zero-order valence-corrected chi connectivity index (χ0v) is 11.5. The number of benzene rings is 1. The molecule has 0 saturated heterocycles. The van der Waals surface area contributed by atoms with Gasteiger partial charge in [0, 0.05) is 18.0 Å². The largest absolute Gasteiger partial charge is 0.484 e. The Morgan fingerprint density at radius 2 is 1.90 bits per heavy atom. The SMILES string of the molecule is CC1(C)CN(C(=O)c2ccncc2)c2ccccc2O1. The van der Waals surface area contributed by atoms with Gasteiger partial charge in [-0.2, -0.15) is 0 Å². The molecule has 3 rings (SSSR count). The van der Waals surface area contributed by atoms with Gasteiger partial charge >= 0.3 is 0 Å². The Kier molecular flexibility index (Phi) is 2.93. The van der Waals surface area contributed by atoms with Crippen LogP contribution in [0.4, 0.5) is 5.69 Å². The third-order valence-corrected chi connectivity index (χ3v) is 3.25. The molecule has 20 heavy (non-hydrogen) atoms. The number of aromatic nitrogens is 1. The van der Waals surface area contributed by atoms with Crippen LogP contribution in [0.15, 0.2) is 48.8 Å². The highest BCUT2D eigenvalue weighted by Crippen LogP contribution is 2.37. The maximum absolute atomic E-state index is 12.7. The van der Waals surface area contributed by atoms with Crippen molar-refractivity contribution in [3.05, 3.63) is 54.4 Å². The highest BCUT2D eigenvalue weighted by molar-refractivity contribution is 6.07. The number of pyridine rings is 1. The van der Waals surface area contributed by atoms with Crippen LogP contribution in [0.5, 0.6) is 5.75 Å². The van der Waals surface area contributed by atoms with Crippen molar-refractivity contribution in [2.75, 3.05) is 11.4 Å². The van der Waals surface area contributed by atoms with E-state index in [0.29, 0.717) is 12.1 Å². The summed E-state index contributed by atoms with van der Waals surface area (Å²) in [5.41, 5.74) is 1.04. The minimum Gasteiger partial charge on any atom is -0.484 e. The third-order valence-electron chi connectivity index (χ3n) is 3.25. The molecule has 4 nitrogen and oxygen atoms in total. The van der Waals surface area contributed by atoms with Crippen molar-refractivity contribution in [3.8, 4) is 5.75 Å². The fourth-order valence-electron chi connectivity index (χ4n) is 2.39. The number of ether oxygens (including phenoxy) is 1. The van der Waals surface area contributed by atoms with Gasteiger partial charge in [0.05, 0.1) is 12.2 Å². The number of anilines is 1. The van der Waals surface area contributed by atoms with Crippen molar-refractivity contribution >= 4 is 11.6 Å². The third kappa shape index (κ3) is 2.25. The van der Waals surface area contributed by atoms with Gasteiger partial charge in [0.15, 0.2) is 0 Å². The summed E-state index contributed by atoms with van der Waals surface area (Å²) in [6.45, 7) is 4.48. The monoisotopic (exact) mass is 268 g/mol. The van der Waals surface area contributed by atoms with Gasteiger partial charge in [-0.25, -0.2) is 0 Å². The Hall–Kier alpha value is -2.36. The fourth-order valence-corrected chi connectivity index (χ4v) is 2.39. The molecule has 1 aromatic heterocycles. The van der Waals surface area contributed by atoms with E-state index in [1.807, 2.05) is 38.1 Å². The molecule has 1 amide bonds. The van der Waals surface area contributed by atoms with E-state index in [2.05, 4.69) is 4.98 Å².